The van der Waals surface area contributed by atoms with Crippen molar-refractivity contribution in [3.8, 4) is 0 Å². The Kier molecular flexibility index (Phi) is 2.85. The number of aryl methyl sites for hydroxylation is 1. The maximum Gasteiger partial charge on any atom is 0.241 e. The van der Waals surface area contributed by atoms with Crippen LogP contribution < -0.4 is 10.5 Å². The number of carbonyl (C=O) groups is 1. The van der Waals surface area contributed by atoms with Crippen molar-refractivity contribution in [3.63, 3.8) is 0 Å². The zero-order valence-electron chi connectivity index (χ0n) is 12.1. The third kappa shape index (κ3) is 1.96. The van der Waals surface area contributed by atoms with Gasteiger partial charge < -0.3 is 10.5 Å². The molecule has 22 heavy (non-hydrogen) atoms. The van der Waals surface area contributed by atoms with E-state index in [0.717, 1.165) is 5.56 Å². The molecule has 3 fully saturated rings. The predicted molar refractivity (Wildman–Crippen MR) is 79.1 cm³/mol. The predicted octanol–water partition coefficient (Wildman–Crippen LogP) is 0.354. The molecule has 6 nitrogen and oxygen atoms in total. The molecule has 4 aliphatic rings. The second-order valence-corrected chi connectivity index (χ2v) is 8.34. The maximum absolute atomic E-state index is 12.6. The van der Waals surface area contributed by atoms with Gasteiger partial charge in [0.15, 0.2) is 5.78 Å². The van der Waals surface area contributed by atoms with E-state index >= 15 is 0 Å². The maximum atomic E-state index is 12.6. The van der Waals surface area contributed by atoms with Crippen LogP contribution in [0.15, 0.2) is 23.1 Å². The van der Waals surface area contributed by atoms with Crippen LogP contribution in [0.25, 0.3) is 0 Å². The standard InChI is InChI=1S/C15H18N2O4S/c16-8-15-6-14(7-15,9-21-15)17-22(19,20)11-3-1-10-2-4-13(18)12(10)5-11/h1,3,5,17H,2,4,6-9,16H2. The molecule has 1 aromatic rings. The number of benzene rings is 1. The molecule has 2 heterocycles. The molecule has 0 spiro atoms. The quantitative estimate of drug-likeness (QED) is 0.834. The van der Waals surface area contributed by atoms with E-state index in [1.165, 1.54) is 6.07 Å². The fourth-order valence-electron chi connectivity index (χ4n) is 3.91. The Bertz CT molecular complexity index is 766. The number of ether oxygens (including phenoxy) is 1. The number of hydrogen-bond acceptors (Lipinski definition) is 5. The average Bonchev–Trinajstić information content (AvgIpc) is 3.10. The van der Waals surface area contributed by atoms with Crippen LogP contribution in [0.2, 0.25) is 0 Å². The van der Waals surface area contributed by atoms with Gasteiger partial charge in [0.2, 0.25) is 10.0 Å². The first-order valence-corrected chi connectivity index (χ1v) is 8.90. The summed E-state index contributed by atoms with van der Waals surface area (Å²) in [5, 5.41) is 0. The summed E-state index contributed by atoms with van der Waals surface area (Å²) in [6.45, 7) is 0.761. The summed E-state index contributed by atoms with van der Waals surface area (Å²) >= 11 is 0. The van der Waals surface area contributed by atoms with Gasteiger partial charge >= 0.3 is 0 Å². The summed E-state index contributed by atoms with van der Waals surface area (Å²) in [5.74, 6) is 0.0141. The van der Waals surface area contributed by atoms with Crippen molar-refractivity contribution in [1.29, 1.82) is 0 Å². The molecule has 118 valence electrons. The lowest BCUT2D eigenvalue weighted by Crippen LogP contribution is -2.61. The number of sulfonamides is 1. The molecule has 1 saturated carbocycles. The highest BCUT2D eigenvalue weighted by Gasteiger charge is 2.63. The summed E-state index contributed by atoms with van der Waals surface area (Å²) in [5.41, 5.74) is 6.25. The van der Waals surface area contributed by atoms with E-state index in [-0.39, 0.29) is 16.3 Å². The average molecular weight is 322 g/mol. The molecular weight excluding hydrogens is 304 g/mol. The molecule has 7 heteroatoms. The summed E-state index contributed by atoms with van der Waals surface area (Å²) in [7, 11) is -3.67. The molecule has 2 saturated heterocycles. The largest absolute Gasteiger partial charge is 0.372 e. The Morgan fingerprint density at radius 1 is 1.27 bits per heavy atom. The lowest BCUT2D eigenvalue weighted by molar-refractivity contribution is 0.00551. The number of nitrogens with one attached hydrogen (secondary N) is 1. The van der Waals surface area contributed by atoms with Crippen molar-refractivity contribution >= 4 is 15.8 Å². The van der Waals surface area contributed by atoms with E-state index in [9.17, 15) is 13.2 Å². The Morgan fingerprint density at radius 2 is 2.05 bits per heavy atom. The van der Waals surface area contributed by atoms with Crippen molar-refractivity contribution in [2.24, 2.45) is 5.73 Å². The molecule has 0 atom stereocenters. The molecule has 3 N–H and O–H groups in total. The van der Waals surface area contributed by atoms with E-state index in [1.807, 2.05) is 0 Å². The second kappa shape index (κ2) is 4.38. The van der Waals surface area contributed by atoms with Crippen LogP contribution in [0, 0.1) is 0 Å². The first-order valence-electron chi connectivity index (χ1n) is 7.41. The van der Waals surface area contributed by atoms with Crippen molar-refractivity contribution in [3.05, 3.63) is 29.3 Å². The number of rotatable bonds is 4. The van der Waals surface area contributed by atoms with Crippen molar-refractivity contribution in [2.45, 2.75) is 41.7 Å². The van der Waals surface area contributed by atoms with Gasteiger partial charge in [-0.05, 0) is 37.0 Å². The molecule has 2 aliphatic heterocycles. The van der Waals surface area contributed by atoms with E-state index in [2.05, 4.69) is 4.72 Å². The lowest BCUT2D eigenvalue weighted by Gasteiger charge is -2.43. The summed E-state index contributed by atoms with van der Waals surface area (Å²) in [4.78, 5) is 11.9. The Morgan fingerprint density at radius 3 is 2.73 bits per heavy atom. The van der Waals surface area contributed by atoms with Gasteiger partial charge in [-0.15, -0.1) is 0 Å². The molecule has 2 aliphatic carbocycles. The Balaban J connectivity index is 1.60. The summed E-state index contributed by atoms with van der Waals surface area (Å²) < 4.78 is 33.6. The number of Topliss-reactive ketones (excluding diaryl/α,β-unsaturated/α-hetero) is 1. The van der Waals surface area contributed by atoms with E-state index in [0.29, 0.717) is 44.4 Å². The minimum absolute atomic E-state index is 0.0141. The molecule has 2 bridgehead atoms. The number of carbonyl (C=O) groups excluding carboxylic acids is 1. The van der Waals surface area contributed by atoms with Gasteiger partial charge in [-0.25, -0.2) is 13.1 Å². The fourth-order valence-corrected chi connectivity index (χ4v) is 5.32. The minimum Gasteiger partial charge on any atom is -0.372 e. The second-order valence-electron chi connectivity index (χ2n) is 6.66. The minimum atomic E-state index is -3.67. The normalized spacial score (nSPS) is 32.9. The molecule has 5 rings (SSSR count). The van der Waals surface area contributed by atoms with Crippen LogP contribution in [0.5, 0.6) is 0 Å². The van der Waals surface area contributed by atoms with Crippen molar-refractivity contribution < 1.29 is 17.9 Å². The highest BCUT2D eigenvalue weighted by molar-refractivity contribution is 7.89. The summed E-state index contributed by atoms with van der Waals surface area (Å²) in [6.07, 6.45) is 2.38. The molecule has 1 aromatic carbocycles. The van der Waals surface area contributed by atoms with E-state index in [4.69, 9.17) is 10.5 Å². The van der Waals surface area contributed by atoms with Gasteiger partial charge in [0.25, 0.3) is 0 Å². The number of hydrogen-bond donors (Lipinski definition) is 2. The van der Waals surface area contributed by atoms with Crippen LogP contribution in [0.4, 0.5) is 0 Å². The van der Waals surface area contributed by atoms with E-state index < -0.39 is 15.6 Å². The van der Waals surface area contributed by atoms with E-state index in [1.54, 1.807) is 12.1 Å². The van der Waals surface area contributed by atoms with Gasteiger partial charge in [-0.1, -0.05) is 6.07 Å². The van der Waals surface area contributed by atoms with Gasteiger partial charge in [-0.2, -0.15) is 0 Å². The summed E-state index contributed by atoms with van der Waals surface area (Å²) in [6, 6.07) is 4.80. The topological polar surface area (TPSA) is 98.5 Å². The molecule has 0 aromatic heterocycles. The van der Waals surface area contributed by atoms with Crippen LogP contribution in [-0.4, -0.2) is 38.5 Å². The van der Waals surface area contributed by atoms with Gasteiger partial charge in [0.1, 0.15) is 0 Å². The van der Waals surface area contributed by atoms with Gasteiger partial charge in [0, 0.05) is 18.5 Å². The van der Waals surface area contributed by atoms with Crippen molar-refractivity contribution in [2.75, 3.05) is 13.2 Å². The monoisotopic (exact) mass is 322 g/mol. The molecular formula is C15H18N2O4S. The molecule has 0 radical (unpaired) electrons. The van der Waals surface area contributed by atoms with Crippen LogP contribution in [0.1, 0.15) is 35.2 Å². The first kappa shape index (κ1) is 14.3. The zero-order chi connectivity index (χ0) is 15.6. The van der Waals surface area contributed by atoms with Crippen LogP contribution in [0.3, 0.4) is 0 Å². The first-order chi connectivity index (χ1) is 10.4. The van der Waals surface area contributed by atoms with Crippen LogP contribution >= 0.6 is 0 Å². The smallest absolute Gasteiger partial charge is 0.241 e. The third-order valence-corrected chi connectivity index (χ3v) is 6.59. The molecule has 0 unspecified atom stereocenters. The third-order valence-electron chi connectivity index (χ3n) is 5.01. The lowest BCUT2D eigenvalue weighted by atomic mass is 9.69. The molecule has 0 amide bonds. The Labute approximate surface area is 129 Å². The van der Waals surface area contributed by atoms with Crippen LogP contribution in [-0.2, 0) is 21.2 Å². The SMILES string of the molecule is NCC12CC(NS(=O)(=O)c3ccc4c(c3)C(=O)CC4)(CO1)C2. The highest BCUT2D eigenvalue weighted by Crippen LogP contribution is 2.51. The number of ketones is 1. The number of fused-ring (bicyclic) bond motifs is 2. The highest BCUT2D eigenvalue weighted by atomic mass is 32.2. The number of nitrogens with two attached hydrogens (primary N) is 1. The van der Waals surface area contributed by atoms with Crippen molar-refractivity contribution in [1.82, 2.24) is 4.72 Å². The Hall–Kier alpha value is -1.28. The van der Waals surface area contributed by atoms with Gasteiger partial charge in [0.05, 0.1) is 22.6 Å². The zero-order valence-corrected chi connectivity index (χ0v) is 12.9. The van der Waals surface area contributed by atoms with Gasteiger partial charge in [-0.3, -0.25) is 4.79 Å². The fraction of sp³-hybridized carbons (Fsp3) is 0.533.